The zero-order valence-electron chi connectivity index (χ0n) is 9.45. The highest BCUT2D eigenvalue weighted by Crippen LogP contribution is 2.11. The van der Waals surface area contributed by atoms with E-state index in [0.29, 0.717) is 0 Å². The number of hydrogen-bond donors (Lipinski definition) is 2. The van der Waals surface area contributed by atoms with Gasteiger partial charge in [-0.15, -0.1) is 0 Å². The molecular weight excluding hydrogens is 182 g/mol. The summed E-state index contributed by atoms with van der Waals surface area (Å²) in [6.45, 7) is 9.40. The molecule has 0 aliphatic carbocycles. The fourth-order valence-corrected chi connectivity index (χ4v) is 8.09. The Balaban J connectivity index is 4.53. The summed E-state index contributed by atoms with van der Waals surface area (Å²) in [6.07, 6.45) is 0. The van der Waals surface area contributed by atoms with Crippen molar-refractivity contribution in [3.05, 3.63) is 0 Å². The second kappa shape index (κ2) is 4.01. The molecule has 0 fully saturated rings. The van der Waals surface area contributed by atoms with E-state index in [9.17, 15) is 0 Å². The van der Waals surface area contributed by atoms with E-state index in [1.165, 1.54) is 0 Å². The van der Waals surface area contributed by atoms with Crippen molar-refractivity contribution < 1.29 is 0 Å². The number of nitrogens with zero attached hydrogens (tertiary/aromatic N) is 1. The fraction of sp³-hybridized carbons (Fsp3) is 1.00. The zero-order chi connectivity index (χ0) is 9.99. The third-order valence-electron chi connectivity index (χ3n) is 2.65. The van der Waals surface area contributed by atoms with Gasteiger partial charge < -0.3 is 14.2 Å². The van der Waals surface area contributed by atoms with Crippen LogP contribution in [0, 0.1) is 0 Å². The van der Waals surface area contributed by atoms with E-state index in [2.05, 4.69) is 47.4 Å². The SMILES string of the molecule is CN[Si](C)(NC)N(C)[Si](C)(C)C. The molecule has 0 atom stereocenters. The summed E-state index contributed by atoms with van der Waals surface area (Å²) < 4.78 is 2.54. The summed E-state index contributed by atoms with van der Waals surface area (Å²) in [4.78, 5) is 6.85. The van der Waals surface area contributed by atoms with Gasteiger partial charge in [-0.1, -0.05) is 19.6 Å². The predicted molar refractivity (Wildman–Crippen MR) is 60.8 cm³/mol. The standard InChI is InChI=1S/C7H23N3Si2/c1-8-12(7,9-2)10(3)11(4,5)6/h8-9H,1-7H3. The Kier molecular flexibility index (Phi) is 4.12. The maximum Gasteiger partial charge on any atom is 0.273 e. The Hall–Kier alpha value is 0.314. The van der Waals surface area contributed by atoms with Crippen LogP contribution in [0.15, 0.2) is 0 Å². The van der Waals surface area contributed by atoms with Gasteiger partial charge in [0, 0.05) is 0 Å². The second-order valence-corrected chi connectivity index (χ2v) is 13.6. The Bertz CT molecular complexity index is 140. The van der Waals surface area contributed by atoms with Crippen molar-refractivity contribution in [2.75, 3.05) is 21.1 Å². The first-order chi connectivity index (χ1) is 5.28. The lowest BCUT2D eigenvalue weighted by molar-refractivity contribution is 0.688. The molecule has 0 aromatic rings. The summed E-state index contributed by atoms with van der Waals surface area (Å²) in [5.41, 5.74) is 0. The molecule has 3 nitrogen and oxygen atoms in total. The van der Waals surface area contributed by atoms with Crippen molar-refractivity contribution in [3.63, 3.8) is 0 Å². The molecule has 0 amide bonds. The van der Waals surface area contributed by atoms with E-state index in [0.717, 1.165) is 0 Å². The highest BCUT2D eigenvalue weighted by atomic mass is 28.4. The van der Waals surface area contributed by atoms with Crippen molar-refractivity contribution in [3.8, 4) is 0 Å². The van der Waals surface area contributed by atoms with E-state index in [4.69, 9.17) is 0 Å². The van der Waals surface area contributed by atoms with Gasteiger partial charge in [-0.25, -0.2) is 0 Å². The third-order valence-corrected chi connectivity index (χ3v) is 11.3. The highest BCUT2D eigenvalue weighted by molar-refractivity contribution is 6.88. The Morgan fingerprint density at radius 3 is 1.33 bits per heavy atom. The average molecular weight is 205 g/mol. The van der Waals surface area contributed by atoms with Crippen LogP contribution in [0.1, 0.15) is 0 Å². The molecule has 0 heterocycles. The first-order valence-corrected chi connectivity index (χ1v) is 10.3. The van der Waals surface area contributed by atoms with Crippen LogP contribution < -0.4 is 9.96 Å². The van der Waals surface area contributed by atoms with Crippen molar-refractivity contribution in [1.29, 1.82) is 0 Å². The van der Waals surface area contributed by atoms with Gasteiger partial charge in [-0.05, 0) is 27.7 Å². The van der Waals surface area contributed by atoms with Crippen LogP contribution in [0.25, 0.3) is 0 Å². The van der Waals surface area contributed by atoms with Gasteiger partial charge >= 0.3 is 0 Å². The molecule has 0 aromatic carbocycles. The van der Waals surface area contributed by atoms with Crippen LogP contribution in [0.5, 0.6) is 0 Å². The lowest BCUT2D eigenvalue weighted by atomic mass is 11.6. The smallest absolute Gasteiger partial charge is 0.273 e. The maximum atomic E-state index is 3.42. The van der Waals surface area contributed by atoms with Gasteiger partial charge in [-0.3, -0.25) is 0 Å². The van der Waals surface area contributed by atoms with Crippen molar-refractivity contribution in [2.45, 2.75) is 26.2 Å². The van der Waals surface area contributed by atoms with Gasteiger partial charge in [0.05, 0.1) is 0 Å². The van der Waals surface area contributed by atoms with Crippen LogP contribution in [-0.4, -0.2) is 42.2 Å². The first-order valence-electron chi connectivity index (χ1n) is 4.39. The van der Waals surface area contributed by atoms with Crippen LogP contribution in [0.4, 0.5) is 0 Å². The molecule has 0 aliphatic rings. The topological polar surface area (TPSA) is 27.3 Å². The number of nitrogens with one attached hydrogen (secondary N) is 2. The van der Waals surface area contributed by atoms with Crippen molar-refractivity contribution >= 4 is 16.8 Å². The van der Waals surface area contributed by atoms with E-state index in [1.807, 2.05) is 14.1 Å². The minimum absolute atomic E-state index is 1.17. The molecule has 2 N–H and O–H groups in total. The molecule has 0 saturated heterocycles. The van der Waals surface area contributed by atoms with Gasteiger partial charge in [0.2, 0.25) is 0 Å². The van der Waals surface area contributed by atoms with Gasteiger partial charge in [0.1, 0.15) is 8.24 Å². The largest absolute Gasteiger partial charge is 0.324 e. The quantitative estimate of drug-likeness (QED) is 0.664. The fourth-order valence-electron chi connectivity index (χ4n) is 1.13. The van der Waals surface area contributed by atoms with Crippen LogP contribution in [-0.2, 0) is 0 Å². The molecule has 0 spiro atoms. The predicted octanol–water partition coefficient (Wildman–Crippen LogP) is 0.761. The minimum Gasteiger partial charge on any atom is -0.324 e. The third kappa shape index (κ3) is 2.67. The monoisotopic (exact) mass is 205 g/mol. The molecule has 0 bridgehead atoms. The van der Waals surface area contributed by atoms with E-state index < -0.39 is 16.8 Å². The van der Waals surface area contributed by atoms with E-state index in [-0.39, 0.29) is 0 Å². The molecule has 0 aromatic heterocycles. The average Bonchev–Trinajstić information content (AvgIpc) is 2.00. The summed E-state index contributed by atoms with van der Waals surface area (Å²) in [5.74, 6) is 0. The summed E-state index contributed by atoms with van der Waals surface area (Å²) in [7, 11) is 3.60. The molecule has 0 unspecified atom stereocenters. The zero-order valence-corrected chi connectivity index (χ0v) is 11.4. The molecule has 0 rings (SSSR count). The molecular formula is C7H23N3Si2. The molecule has 74 valence electrons. The Morgan fingerprint density at radius 1 is 0.917 bits per heavy atom. The Morgan fingerprint density at radius 2 is 1.25 bits per heavy atom. The van der Waals surface area contributed by atoms with Gasteiger partial charge in [0.25, 0.3) is 8.56 Å². The normalized spacial score (nSPS) is 14.0. The summed E-state index contributed by atoms with van der Waals surface area (Å²) >= 11 is 0. The molecule has 5 heteroatoms. The highest BCUT2D eigenvalue weighted by Gasteiger charge is 2.37. The number of hydrogen-bond acceptors (Lipinski definition) is 3. The van der Waals surface area contributed by atoms with Crippen LogP contribution in [0.3, 0.4) is 0 Å². The van der Waals surface area contributed by atoms with Crippen LogP contribution >= 0.6 is 0 Å². The van der Waals surface area contributed by atoms with Crippen molar-refractivity contribution in [1.82, 2.24) is 14.2 Å². The first kappa shape index (κ1) is 12.3. The molecule has 0 radical (unpaired) electrons. The second-order valence-electron chi connectivity index (χ2n) is 4.30. The summed E-state index contributed by atoms with van der Waals surface area (Å²) in [5, 5.41) is 0. The van der Waals surface area contributed by atoms with Crippen molar-refractivity contribution in [2.24, 2.45) is 0 Å². The van der Waals surface area contributed by atoms with Gasteiger partial charge in [-0.2, -0.15) is 0 Å². The summed E-state index contributed by atoms with van der Waals surface area (Å²) in [6, 6.07) is 0. The molecule has 0 aliphatic heterocycles. The lowest BCUT2D eigenvalue weighted by Gasteiger charge is -2.43. The Labute approximate surface area is 78.9 Å². The van der Waals surface area contributed by atoms with Crippen LogP contribution in [0.2, 0.25) is 26.2 Å². The van der Waals surface area contributed by atoms with E-state index >= 15 is 0 Å². The molecule has 0 saturated carbocycles. The number of rotatable bonds is 4. The van der Waals surface area contributed by atoms with Gasteiger partial charge in [0.15, 0.2) is 0 Å². The maximum absolute atomic E-state index is 3.42. The van der Waals surface area contributed by atoms with E-state index in [1.54, 1.807) is 0 Å². The molecule has 12 heavy (non-hydrogen) atoms. The lowest BCUT2D eigenvalue weighted by Crippen LogP contribution is -2.73. The minimum atomic E-state index is -1.54.